The van der Waals surface area contributed by atoms with Gasteiger partial charge in [0.25, 0.3) is 5.56 Å². The van der Waals surface area contributed by atoms with Gasteiger partial charge in [0.2, 0.25) is 5.69 Å². The highest BCUT2D eigenvalue weighted by Gasteiger charge is 2.37. The van der Waals surface area contributed by atoms with Crippen LogP contribution < -0.4 is 5.56 Å². The number of aryl methyl sites for hydroxylation is 1. The highest BCUT2D eigenvalue weighted by atomic mass is 16.4. The standard InChI is InChI=1S/C25H35N3O3/c1-16(2)18-9-12-19(13-10-18)28-17(3)8-11-20(28)14-15-27-22-7-5-4-6-21(22)26-23(24(27)29)25(30)31/h4-7,16-20H,8-15H2,1-3H3,(H,30,31)/t17-,18-,19+,20-/m0/s1. The van der Waals surface area contributed by atoms with Crippen molar-refractivity contribution in [2.45, 2.75) is 90.4 Å². The molecule has 0 spiro atoms. The number of hydrogen-bond acceptors (Lipinski definition) is 4. The molecule has 2 aromatic rings. The van der Waals surface area contributed by atoms with Crippen molar-refractivity contribution in [3.8, 4) is 0 Å². The molecule has 0 bridgehead atoms. The first-order valence-electron chi connectivity index (χ1n) is 11.9. The maximum atomic E-state index is 12.9. The van der Waals surface area contributed by atoms with E-state index in [1.165, 1.54) is 32.1 Å². The Hall–Kier alpha value is -2.21. The molecule has 31 heavy (non-hydrogen) atoms. The summed E-state index contributed by atoms with van der Waals surface area (Å²) in [7, 11) is 0. The largest absolute Gasteiger partial charge is 0.476 e. The molecule has 2 atom stereocenters. The SMILES string of the molecule is CC(C)[C@H]1CC[C@@H](N2[C@H](CCn3c(=O)c(C(=O)O)nc4ccccc43)CC[C@@H]2C)CC1. The molecule has 0 amide bonds. The van der Waals surface area contributed by atoms with Crippen molar-refractivity contribution >= 4 is 17.0 Å². The van der Waals surface area contributed by atoms with Gasteiger partial charge in [-0.1, -0.05) is 26.0 Å². The monoisotopic (exact) mass is 425 g/mol. The predicted molar refractivity (Wildman–Crippen MR) is 122 cm³/mol. The van der Waals surface area contributed by atoms with Gasteiger partial charge in [0.15, 0.2) is 0 Å². The number of carbonyl (C=O) groups is 1. The zero-order valence-electron chi connectivity index (χ0n) is 19.0. The van der Waals surface area contributed by atoms with Gasteiger partial charge >= 0.3 is 5.97 Å². The van der Waals surface area contributed by atoms with E-state index in [2.05, 4.69) is 30.7 Å². The molecule has 1 aromatic heterocycles. The molecule has 168 valence electrons. The van der Waals surface area contributed by atoms with Gasteiger partial charge in [-0.15, -0.1) is 0 Å². The van der Waals surface area contributed by atoms with Crippen LogP contribution in [-0.2, 0) is 6.54 Å². The summed E-state index contributed by atoms with van der Waals surface area (Å²) in [4.78, 5) is 31.3. The first-order chi connectivity index (χ1) is 14.9. The van der Waals surface area contributed by atoms with Crippen LogP contribution in [0.1, 0.15) is 76.2 Å². The topological polar surface area (TPSA) is 75.4 Å². The van der Waals surface area contributed by atoms with E-state index in [1.54, 1.807) is 10.6 Å². The highest BCUT2D eigenvalue weighted by molar-refractivity contribution is 5.88. The van der Waals surface area contributed by atoms with Crippen molar-refractivity contribution in [2.75, 3.05) is 0 Å². The number of carboxylic acids is 1. The van der Waals surface area contributed by atoms with Crippen molar-refractivity contribution in [3.05, 3.63) is 40.3 Å². The van der Waals surface area contributed by atoms with Gasteiger partial charge in [-0.2, -0.15) is 0 Å². The Morgan fingerprint density at radius 3 is 2.52 bits per heavy atom. The van der Waals surface area contributed by atoms with Crippen molar-refractivity contribution in [1.82, 2.24) is 14.5 Å². The summed E-state index contributed by atoms with van der Waals surface area (Å²) < 4.78 is 1.63. The Bertz CT molecular complexity index is 991. The van der Waals surface area contributed by atoms with Gasteiger partial charge in [0.1, 0.15) is 0 Å². The second kappa shape index (κ2) is 9.11. The number of aromatic nitrogens is 2. The first kappa shape index (κ1) is 22.0. The number of hydrogen-bond donors (Lipinski definition) is 1. The number of nitrogens with zero attached hydrogens (tertiary/aromatic N) is 3. The Morgan fingerprint density at radius 2 is 1.84 bits per heavy atom. The van der Waals surface area contributed by atoms with Gasteiger partial charge in [-0.25, -0.2) is 9.78 Å². The summed E-state index contributed by atoms with van der Waals surface area (Å²) in [6.07, 6.45) is 8.37. The molecule has 1 saturated carbocycles. The molecule has 1 aromatic carbocycles. The smallest absolute Gasteiger partial charge is 0.360 e. The second-order valence-electron chi connectivity index (χ2n) is 9.84. The molecule has 6 nitrogen and oxygen atoms in total. The molecule has 0 radical (unpaired) electrons. The summed E-state index contributed by atoms with van der Waals surface area (Å²) >= 11 is 0. The van der Waals surface area contributed by atoms with E-state index in [0.29, 0.717) is 35.7 Å². The van der Waals surface area contributed by atoms with Gasteiger partial charge < -0.3 is 9.67 Å². The van der Waals surface area contributed by atoms with Crippen LogP contribution in [-0.4, -0.2) is 43.7 Å². The Balaban J connectivity index is 1.53. The fourth-order valence-corrected chi connectivity index (χ4v) is 5.94. The molecule has 6 heteroatoms. The van der Waals surface area contributed by atoms with Crippen molar-refractivity contribution in [2.24, 2.45) is 11.8 Å². The van der Waals surface area contributed by atoms with Gasteiger partial charge in [-0.05, 0) is 75.8 Å². The molecule has 1 saturated heterocycles. The lowest BCUT2D eigenvalue weighted by atomic mass is 9.79. The average molecular weight is 426 g/mol. The first-order valence-corrected chi connectivity index (χ1v) is 11.9. The summed E-state index contributed by atoms with van der Waals surface area (Å²) in [6.45, 7) is 7.55. The Labute approximate surface area is 184 Å². The van der Waals surface area contributed by atoms with E-state index in [9.17, 15) is 14.7 Å². The average Bonchev–Trinajstić information content (AvgIpc) is 3.12. The number of para-hydroxylation sites is 2. The number of likely N-dealkylation sites (tertiary alicyclic amines) is 1. The van der Waals surface area contributed by atoms with Crippen LogP contribution in [0.15, 0.2) is 29.1 Å². The van der Waals surface area contributed by atoms with Crippen LogP contribution in [0.5, 0.6) is 0 Å². The maximum Gasteiger partial charge on any atom is 0.360 e. The van der Waals surface area contributed by atoms with E-state index in [1.807, 2.05) is 18.2 Å². The maximum absolute atomic E-state index is 12.9. The zero-order valence-corrected chi connectivity index (χ0v) is 19.0. The molecule has 1 aliphatic heterocycles. The number of benzene rings is 1. The van der Waals surface area contributed by atoms with Gasteiger partial charge in [-0.3, -0.25) is 9.69 Å². The Morgan fingerprint density at radius 1 is 1.13 bits per heavy atom. The van der Waals surface area contributed by atoms with Crippen LogP contribution in [0.4, 0.5) is 0 Å². The lowest BCUT2D eigenvalue weighted by Crippen LogP contribution is -2.45. The lowest BCUT2D eigenvalue weighted by molar-refractivity contribution is 0.0687. The predicted octanol–water partition coefficient (Wildman–Crippen LogP) is 4.55. The third-order valence-corrected chi connectivity index (χ3v) is 7.70. The third kappa shape index (κ3) is 4.40. The lowest BCUT2D eigenvalue weighted by Gasteiger charge is -2.41. The number of fused-ring (bicyclic) bond motifs is 1. The van der Waals surface area contributed by atoms with E-state index in [0.717, 1.165) is 24.7 Å². The molecule has 4 rings (SSSR count). The number of carboxylic acid groups (broad SMARTS) is 1. The molecule has 2 heterocycles. The zero-order chi connectivity index (χ0) is 22.1. The summed E-state index contributed by atoms with van der Waals surface area (Å²) in [5.41, 5.74) is 0.388. The normalized spacial score (nSPS) is 27.2. The van der Waals surface area contributed by atoms with Gasteiger partial charge in [0.05, 0.1) is 11.0 Å². The van der Waals surface area contributed by atoms with Crippen molar-refractivity contribution < 1.29 is 9.90 Å². The third-order valence-electron chi connectivity index (χ3n) is 7.70. The van der Waals surface area contributed by atoms with Crippen molar-refractivity contribution in [3.63, 3.8) is 0 Å². The number of rotatable bonds is 6. The summed E-state index contributed by atoms with van der Waals surface area (Å²) in [5.74, 6) is 0.356. The van der Waals surface area contributed by atoms with E-state index < -0.39 is 11.5 Å². The fraction of sp³-hybridized carbons (Fsp3) is 0.640. The molecule has 2 aliphatic rings. The molecule has 1 aliphatic carbocycles. The minimum absolute atomic E-state index is 0.387. The van der Waals surface area contributed by atoms with Crippen LogP contribution in [0.25, 0.3) is 11.0 Å². The molecule has 0 unspecified atom stereocenters. The van der Waals surface area contributed by atoms with E-state index >= 15 is 0 Å². The van der Waals surface area contributed by atoms with E-state index in [4.69, 9.17) is 0 Å². The highest BCUT2D eigenvalue weighted by Crippen LogP contribution is 2.38. The number of aromatic carboxylic acids is 1. The minimum Gasteiger partial charge on any atom is -0.476 e. The van der Waals surface area contributed by atoms with Crippen LogP contribution in [0, 0.1) is 11.8 Å². The van der Waals surface area contributed by atoms with Crippen LogP contribution >= 0.6 is 0 Å². The summed E-state index contributed by atoms with van der Waals surface area (Å²) in [6, 6.07) is 8.99. The quantitative estimate of drug-likeness (QED) is 0.735. The molecule has 2 fully saturated rings. The molecular weight excluding hydrogens is 390 g/mol. The summed E-state index contributed by atoms with van der Waals surface area (Å²) in [5, 5.41) is 9.45. The van der Waals surface area contributed by atoms with Crippen molar-refractivity contribution in [1.29, 1.82) is 0 Å². The Kier molecular flexibility index (Phi) is 6.47. The van der Waals surface area contributed by atoms with Crippen LogP contribution in [0.3, 0.4) is 0 Å². The molecule has 1 N–H and O–H groups in total. The molecular formula is C25H35N3O3. The minimum atomic E-state index is -1.26. The fourth-order valence-electron chi connectivity index (χ4n) is 5.94. The van der Waals surface area contributed by atoms with Gasteiger partial charge in [0, 0.05) is 24.7 Å². The van der Waals surface area contributed by atoms with E-state index in [-0.39, 0.29) is 5.69 Å². The van der Waals surface area contributed by atoms with Crippen LogP contribution in [0.2, 0.25) is 0 Å². The second-order valence-corrected chi connectivity index (χ2v) is 9.84.